The van der Waals surface area contributed by atoms with Gasteiger partial charge in [0.25, 0.3) is 0 Å². The molecule has 0 aromatic heterocycles. The molecular weight excluding hydrogens is 322 g/mol. The maximum Gasteiger partial charge on any atom is 0.335 e. The van der Waals surface area contributed by atoms with Gasteiger partial charge >= 0.3 is 5.97 Å². The Hall–Kier alpha value is -2.86. The molecule has 0 bridgehead atoms. The molecule has 25 heavy (non-hydrogen) atoms. The minimum atomic E-state index is -1.01. The summed E-state index contributed by atoms with van der Waals surface area (Å²) >= 11 is 0. The summed E-state index contributed by atoms with van der Waals surface area (Å²) in [6, 6.07) is 13.6. The Morgan fingerprint density at radius 3 is 2.52 bits per heavy atom. The van der Waals surface area contributed by atoms with Gasteiger partial charge in [-0.25, -0.2) is 4.79 Å². The van der Waals surface area contributed by atoms with Crippen LogP contribution in [0.3, 0.4) is 0 Å². The number of ether oxygens (including phenoxy) is 1. The summed E-state index contributed by atoms with van der Waals surface area (Å²) < 4.78 is 5.48. The fourth-order valence-electron chi connectivity index (χ4n) is 2.20. The van der Waals surface area contributed by atoms with E-state index in [4.69, 9.17) is 9.84 Å². The van der Waals surface area contributed by atoms with Crippen LogP contribution >= 0.6 is 0 Å². The van der Waals surface area contributed by atoms with Gasteiger partial charge in [0.05, 0.1) is 12.0 Å². The number of carboxylic acid groups (broad SMARTS) is 1. The predicted octanol–water partition coefficient (Wildman–Crippen LogP) is 1.79. The largest absolute Gasteiger partial charge is 0.491 e. The van der Waals surface area contributed by atoms with Crippen LogP contribution in [-0.2, 0) is 11.2 Å². The summed E-state index contributed by atoms with van der Waals surface area (Å²) in [6.07, 6.45) is -0.704. The number of rotatable bonds is 8. The molecule has 0 aliphatic heterocycles. The second-order valence-electron chi connectivity index (χ2n) is 5.76. The highest BCUT2D eigenvalue weighted by Crippen LogP contribution is 2.12. The molecule has 6 nitrogen and oxygen atoms in total. The molecule has 2 rings (SSSR count). The first kappa shape index (κ1) is 18.5. The van der Waals surface area contributed by atoms with Crippen molar-refractivity contribution >= 4 is 11.9 Å². The molecule has 0 fully saturated rings. The van der Waals surface area contributed by atoms with E-state index in [1.54, 1.807) is 18.2 Å². The lowest BCUT2D eigenvalue weighted by atomic mass is 10.1. The molecule has 2 aromatic carbocycles. The van der Waals surface area contributed by atoms with Crippen molar-refractivity contribution in [2.45, 2.75) is 19.4 Å². The van der Waals surface area contributed by atoms with Crippen molar-refractivity contribution in [2.75, 3.05) is 13.2 Å². The van der Waals surface area contributed by atoms with Gasteiger partial charge in [-0.15, -0.1) is 0 Å². The number of aryl methyl sites for hydroxylation is 1. The fourth-order valence-corrected chi connectivity index (χ4v) is 2.20. The highest BCUT2D eigenvalue weighted by Gasteiger charge is 2.10. The van der Waals surface area contributed by atoms with Gasteiger partial charge < -0.3 is 20.3 Å². The molecular formula is C19H21NO5. The lowest BCUT2D eigenvalue weighted by Gasteiger charge is -2.13. The number of carboxylic acids is 1. The normalized spacial score (nSPS) is 11.6. The Labute approximate surface area is 146 Å². The second-order valence-corrected chi connectivity index (χ2v) is 5.76. The van der Waals surface area contributed by atoms with Crippen LogP contribution < -0.4 is 10.1 Å². The molecule has 0 saturated heterocycles. The van der Waals surface area contributed by atoms with E-state index in [1.807, 2.05) is 25.1 Å². The van der Waals surface area contributed by atoms with E-state index < -0.39 is 12.1 Å². The maximum atomic E-state index is 11.9. The van der Waals surface area contributed by atoms with Crippen molar-refractivity contribution in [3.05, 3.63) is 65.2 Å². The van der Waals surface area contributed by atoms with Gasteiger partial charge in [-0.3, -0.25) is 4.79 Å². The van der Waals surface area contributed by atoms with Gasteiger partial charge in [-0.2, -0.15) is 0 Å². The summed E-state index contributed by atoms with van der Waals surface area (Å²) in [7, 11) is 0. The molecule has 2 aromatic rings. The number of benzene rings is 2. The Morgan fingerprint density at radius 1 is 1.16 bits per heavy atom. The number of aliphatic hydroxyl groups is 1. The Morgan fingerprint density at radius 2 is 1.88 bits per heavy atom. The zero-order valence-corrected chi connectivity index (χ0v) is 13.9. The summed E-state index contributed by atoms with van der Waals surface area (Å²) in [4.78, 5) is 22.7. The van der Waals surface area contributed by atoms with Crippen molar-refractivity contribution in [2.24, 2.45) is 0 Å². The molecule has 0 aliphatic carbocycles. The molecule has 0 spiro atoms. The zero-order valence-electron chi connectivity index (χ0n) is 13.9. The Kier molecular flexibility index (Phi) is 6.54. The number of aliphatic hydroxyl groups excluding tert-OH is 1. The highest BCUT2D eigenvalue weighted by atomic mass is 16.5. The first-order valence-corrected chi connectivity index (χ1v) is 7.90. The van der Waals surface area contributed by atoms with Gasteiger partial charge in [0.2, 0.25) is 5.91 Å². The van der Waals surface area contributed by atoms with E-state index in [0.29, 0.717) is 11.3 Å². The van der Waals surface area contributed by atoms with Crippen LogP contribution in [0.4, 0.5) is 0 Å². The van der Waals surface area contributed by atoms with Crippen molar-refractivity contribution in [1.29, 1.82) is 0 Å². The van der Waals surface area contributed by atoms with Gasteiger partial charge in [0.15, 0.2) is 0 Å². The van der Waals surface area contributed by atoms with Crippen LogP contribution in [0, 0.1) is 6.92 Å². The SMILES string of the molecule is Cc1cccc(OCC(O)CNC(=O)Cc2ccc(C(=O)O)cc2)c1. The third-order valence-electron chi connectivity index (χ3n) is 3.53. The van der Waals surface area contributed by atoms with E-state index in [2.05, 4.69) is 5.32 Å². The lowest BCUT2D eigenvalue weighted by molar-refractivity contribution is -0.121. The van der Waals surface area contributed by atoms with E-state index >= 15 is 0 Å². The summed E-state index contributed by atoms with van der Waals surface area (Å²) in [6.45, 7) is 2.11. The smallest absolute Gasteiger partial charge is 0.335 e. The van der Waals surface area contributed by atoms with Crippen LogP contribution in [0.2, 0.25) is 0 Å². The van der Waals surface area contributed by atoms with Crippen molar-refractivity contribution in [3.8, 4) is 5.75 Å². The standard InChI is InChI=1S/C19H21NO5/c1-13-3-2-4-17(9-13)25-12-16(21)11-20-18(22)10-14-5-7-15(8-6-14)19(23)24/h2-9,16,21H,10-12H2,1H3,(H,20,22)(H,23,24). The lowest BCUT2D eigenvalue weighted by Crippen LogP contribution is -2.36. The molecule has 3 N–H and O–H groups in total. The minimum Gasteiger partial charge on any atom is -0.491 e. The summed E-state index contributed by atoms with van der Waals surface area (Å²) in [5.41, 5.74) is 1.94. The number of nitrogens with one attached hydrogen (secondary N) is 1. The van der Waals surface area contributed by atoms with Crippen molar-refractivity contribution in [3.63, 3.8) is 0 Å². The van der Waals surface area contributed by atoms with Crippen LogP contribution in [0.15, 0.2) is 48.5 Å². The van der Waals surface area contributed by atoms with Crippen LogP contribution in [0.25, 0.3) is 0 Å². The number of aromatic carboxylic acids is 1. The van der Waals surface area contributed by atoms with Gasteiger partial charge in [0.1, 0.15) is 18.5 Å². The number of amides is 1. The number of hydrogen-bond donors (Lipinski definition) is 3. The maximum absolute atomic E-state index is 11.9. The average Bonchev–Trinajstić information content (AvgIpc) is 2.58. The Balaban J connectivity index is 1.72. The molecule has 0 saturated carbocycles. The first-order valence-electron chi connectivity index (χ1n) is 7.90. The van der Waals surface area contributed by atoms with Crippen LogP contribution in [0.1, 0.15) is 21.5 Å². The van der Waals surface area contributed by atoms with Crippen LogP contribution in [-0.4, -0.2) is 41.3 Å². The number of carbonyl (C=O) groups is 2. The highest BCUT2D eigenvalue weighted by molar-refractivity contribution is 5.87. The predicted molar refractivity (Wildman–Crippen MR) is 92.8 cm³/mol. The molecule has 1 atom stereocenters. The van der Waals surface area contributed by atoms with Gasteiger partial charge in [-0.1, -0.05) is 24.3 Å². The second kappa shape index (κ2) is 8.84. The van der Waals surface area contributed by atoms with E-state index in [9.17, 15) is 14.7 Å². The molecule has 1 unspecified atom stereocenters. The van der Waals surface area contributed by atoms with Gasteiger partial charge in [-0.05, 0) is 42.3 Å². The zero-order chi connectivity index (χ0) is 18.2. The monoisotopic (exact) mass is 343 g/mol. The van der Waals surface area contributed by atoms with Crippen LogP contribution in [0.5, 0.6) is 5.75 Å². The summed E-state index contributed by atoms with van der Waals surface area (Å²) in [5, 5.41) is 21.3. The Bertz CT molecular complexity index is 727. The molecule has 1 amide bonds. The van der Waals surface area contributed by atoms with E-state index in [1.165, 1.54) is 12.1 Å². The quantitative estimate of drug-likeness (QED) is 0.679. The first-order chi connectivity index (χ1) is 11.9. The molecule has 0 radical (unpaired) electrons. The molecule has 6 heteroatoms. The van der Waals surface area contributed by atoms with E-state index in [0.717, 1.165) is 5.56 Å². The molecule has 0 heterocycles. The topological polar surface area (TPSA) is 95.9 Å². The minimum absolute atomic E-state index is 0.0804. The third kappa shape index (κ3) is 6.27. The van der Waals surface area contributed by atoms with Crippen molar-refractivity contribution < 1.29 is 24.5 Å². The summed E-state index contributed by atoms with van der Waals surface area (Å²) in [5.74, 6) is -0.589. The fraction of sp³-hybridized carbons (Fsp3) is 0.263. The van der Waals surface area contributed by atoms with Gasteiger partial charge in [0, 0.05) is 6.54 Å². The number of hydrogen-bond acceptors (Lipinski definition) is 4. The third-order valence-corrected chi connectivity index (χ3v) is 3.53. The van der Waals surface area contributed by atoms with Crippen molar-refractivity contribution in [1.82, 2.24) is 5.32 Å². The molecule has 0 aliphatic rings. The molecule has 132 valence electrons. The number of carbonyl (C=O) groups excluding carboxylic acids is 1. The van der Waals surface area contributed by atoms with E-state index in [-0.39, 0.29) is 31.0 Å². The average molecular weight is 343 g/mol.